The number of aliphatic imine (C=N–C) groups is 1. The van der Waals surface area contributed by atoms with Crippen molar-refractivity contribution in [2.75, 3.05) is 39.8 Å². The first-order chi connectivity index (χ1) is 12.7. The molecular weight excluding hydrogens is 346 g/mol. The summed E-state index contributed by atoms with van der Waals surface area (Å²) in [5.41, 5.74) is 0.993. The highest BCUT2D eigenvalue weighted by Crippen LogP contribution is 2.22. The maximum absolute atomic E-state index is 4.91. The van der Waals surface area contributed by atoms with E-state index in [1.54, 1.807) is 6.26 Å². The molecule has 6 nitrogen and oxygen atoms in total. The fourth-order valence-electron chi connectivity index (χ4n) is 3.01. The Morgan fingerprint density at radius 2 is 2.00 bits per heavy atom. The molecule has 1 atom stereocenters. The molecule has 1 saturated heterocycles. The Labute approximate surface area is 159 Å². The van der Waals surface area contributed by atoms with E-state index in [4.69, 9.17) is 4.52 Å². The van der Waals surface area contributed by atoms with Crippen molar-refractivity contribution in [3.63, 3.8) is 0 Å². The number of guanidine groups is 1. The van der Waals surface area contributed by atoms with Gasteiger partial charge in [-0.2, -0.15) is 0 Å². The zero-order valence-electron chi connectivity index (χ0n) is 15.5. The minimum atomic E-state index is 0.475. The van der Waals surface area contributed by atoms with E-state index in [1.165, 1.54) is 4.90 Å². The van der Waals surface area contributed by atoms with Crippen molar-refractivity contribution in [2.24, 2.45) is 4.99 Å². The zero-order valence-corrected chi connectivity index (χ0v) is 16.3. The Morgan fingerprint density at radius 3 is 2.65 bits per heavy atom. The van der Waals surface area contributed by atoms with Gasteiger partial charge in [-0.15, -0.1) is 11.8 Å². The van der Waals surface area contributed by atoms with Gasteiger partial charge >= 0.3 is 0 Å². The second-order valence-corrected chi connectivity index (χ2v) is 7.94. The van der Waals surface area contributed by atoms with E-state index >= 15 is 0 Å². The van der Waals surface area contributed by atoms with Crippen LogP contribution in [0.5, 0.6) is 0 Å². The lowest BCUT2D eigenvalue weighted by Gasteiger charge is -2.36. The molecule has 2 heterocycles. The number of aromatic nitrogens is 1. The maximum Gasteiger partial charge on any atom is 0.193 e. The van der Waals surface area contributed by atoms with Crippen molar-refractivity contribution in [1.82, 2.24) is 20.3 Å². The molecule has 26 heavy (non-hydrogen) atoms. The van der Waals surface area contributed by atoms with Gasteiger partial charge < -0.3 is 14.7 Å². The SMILES string of the molecule is CN=C(NCC(C)Sc1ccccc1)N1CCN(Cc2ccon2)CC1. The average Bonchev–Trinajstić information content (AvgIpc) is 3.17. The summed E-state index contributed by atoms with van der Waals surface area (Å²) in [5, 5.41) is 8.00. The minimum absolute atomic E-state index is 0.475. The van der Waals surface area contributed by atoms with E-state index in [0.29, 0.717) is 5.25 Å². The van der Waals surface area contributed by atoms with Gasteiger partial charge in [0.2, 0.25) is 0 Å². The third-order valence-corrected chi connectivity index (χ3v) is 5.50. The van der Waals surface area contributed by atoms with E-state index in [-0.39, 0.29) is 0 Å². The van der Waals surface area contributed by atoms with Gasteiger partial charge in [-0.1, -0.05) is 30.3 Å². The molecule has 1 aromatic heterocycles. The van der Waals surface area contributed by atoms with Gasteiger partial charge in [0.15, 0.2) is 5.96 Å². The highest BCUT2D eigenvalue weighted by molar-refractivity contribution is 8.00. The van der Waals surface area contributed by atoms with Crippen LogP contribution in [0.15, 0.2) is 57.1 Å². The van der Waals surface area contributed by atoms with E-state index in [2.05, 4.69) is 62.5 Å². The van der Waals surface area contributed by atoms with Gasteiger partial charge in [0.1, 0.15) is 6.26 Å². The van der Waals surface area contributed by atoms with Crippen molar-refractivity contribution < 1.29 is 4.52 Å². The van der Waals surface area contributed by atoms with Crippen molar-refractivity contribution >= 4 is 17.7 Å². The van der Waals surface area contributed by atoms with E-state index in [0.717, 1.165) is 50.9 Å². The average molecular weight is 374 g/mol. The first-order valence-electron chi connectivity index (χ1n) is 9.03. The van der Waals surface area contributed by atoms with E-state index in [9.17, 15) is 0 Å². The van der Waals surface area contributed by atoms with Crippen LogP contribution in [0.4, 0.5) is 0 Å². The molecule has 0 radical (unpaired) electrons. The number of rotatable bonds is 6. The molecule has 1 aliphatic rings. The van der Waals surface area contributed by atoms with Crippen LogP contribution in [0.2, 0.25) is 0 Å². The second-order valence-electron chi connectivity index (χ2n) is 6.42. The smallest absolute Gasteiger partial charge is 0.193 e. The Hall–Kier alpha value is -1.99. The Morgan fingerprint density at radius 1 is 1.23 bits per heavy atom. The van der Waals surface area contributed by atoms with Crippen LogP contribution < -0.4 is 5.32 Å². The summed E-state index contributed by atoms with van der Waals surface area (Å²) < 4.78 is 4.91. The molecule has 0 bridgehead atoms. The molecule has 0 aliphatic carbocycles. The number of nitrogens with zero attached hydrogens (tertiary/aromatic N) is 4. The third kappa shape index (κ3) is 5.51. The van der Waals surface area contributed by atoms with Gasteiger partial charge in [-0.05, 0) is 12.1 Å². The van der Waals surface area contributed by atoms with Crippen LogP contribution in [0.3, 0.4) is 0 Å². The van der Waals surface area contributed by atoms with Crippen molar-refractivity contribution in [1.29, 1.82) is 0 Å². The summed E-state index contributed by atoms with van der Waals surface area (Å²) >= 11 is 1.89. The number of thioether (sulfide) groups is 1. The number of piperazine rings is 1. The lowest BCUT2D eigenvalue weighted by atomic mass is 10.3. The lowest BCUT2D eigenvalue weighted by molar-refractivity contribution is 0.169. The van der Waals surface area contributed by atoms with Gasteiger partial charge in [0, 0.05) is 62.5 Å². The summed E-state index contributed by atoms with van der Waals surface area (Å²) in [6.07, 6.45) is 1.63. The molecule has 0 saturated carbocycles. The predicted molar refractivity (Wildman–Crippen MR) is 106 cm³/mol. The van der Waals surface area contributed by atoms with Crippen LogP contribution in [0.1, 0.15) is 12.6 Å². The molecule has 0 spiro atoms. The van der Waals surface area contributed by atoms with Gasteiger partial charge in [0.05, 0.1) is 5.69 Å². The Kier molecular flexibility index (Phi) is 6.96. The van der Waals surface area contributed by atoms with Crippen LogP contribution in [-0.2, 0) is 6.54 Å². The van der Waals surface area contributed by atoms with Crippen molar-refractivity contribution in [3.8, 4) is 0 Å². The molecule has 1 aromatic carbocycles. The molecule has 1 fully saturated rings. The molecule has 1 unspecified atom stereocenters. The van der Waals surface area contributed by atoms with Crippen LogP contribution in [0.25, 0.3) is 0 Å². The van der Waals surface area contributed by atoms with Gasteiger partial charge in [-0.25, -0.2) is 0 Å². The normalized spacial score (nSPS) is 17.3. The molecule has 140 valence electrons. The molecule has 3 rings (SSSR count). The van der Waals surface area contributed by atoms with Crippen molar-refractivity contribution in [2.45, 2.75) is 23.6 Å². The number of hydrogen-bond donors (Lipinski definition) is 1. The van der Waals surface area contributed by atoms with Crippen molar-refractivity contribution in [3.05, 3.63) is 48.4 Å². The number of hydrogen-bond acceptors (Lipinski definition) is 5. The number of benzene rings is 1. The second kappa shape index (κ2) is 9.64. The van der Waals surface area contributed by atoms with Gasteiger partial charge in [0.25, 0.3) is 0 Å². The highest BCUT2D eigenvalue weighted by Gasteiger charge is 2.20. The quantitative estimate of drug-likeness (QED) is 0.477. The summed E-state index contributed by atoms with van der Waals surface area (Å²) in [5.74, 6) is 0.992. The molecule has 7 heteroatoms. The summed E-state index contributed by atoms with van der Waals surface area (Å²) in [7, 11) is 1.86. The van der Waals surface area contributed by atoms with Crippen LogP contribution in [0, 0.1) is 0 Å². The molecule has 0 amide bonds. The maximum atomic E-state index is 4.91. The summed E-state index contributed by atoms with van der Waals surface area (Å²) in [6.45, 7) is 7.93. The highest BCUT2D eigenvalue weighted by atomic mass is 32.2. The molecule has 1 aliphatic heterocycles. The fraction of sp³-hybridized carbons (Fsp3) is 0.474. The minimum Gasteiger partial charge on any atom is -0.364 e. The van der Waals surface area contributed by atoms with Gasteiger partial charge in [-0.3, -0.25) is 9.89 Å². The first-order valence-corrected chi connectivity index (χ1v) is 9.91. The summed E-state index contributed by atoms with van der Waals surface area (Å²) in [6, 6.07) is 12.5. The molecule has 2 aromatic rings. The monoisotopic (exact) mass is 373 g/mol. The standard InChI is InChI=1S/C19H27N5OS/c1-16(26-18-6-4-3-5-7-18)14-21-19(20-2)24-11-9-23(10-12-24)15-17-8-13-25-22-17/h3-8,13,16H,9-12,14-15H2,1-2H3,(H,20,21). The van der Waals surface area contributed by atoms with Crippen LogP contribution >= 0.6 is 11.8 Å². The molecule has 1 N–H and O–H groups in total. The fourth-order valence-corrected chi connectivity index (χ4v) is 3.95. The summed E-state index contributed by atoms with van der Waals surface area (Å²) in [4.78, 5) is 10.5. The predicted octanol–water partition coefficient (Wildman–Crippen LogP) is 2.55. The van der Waals surface area contributed by atoms with E-state index in [1.807, 2.05) is 24.9 Å². The largest absolute Gasteiger partial charge is 0.364 e. The number of nitrogens with one attached hydrogen (secondary N) is 1. The Balaban J connectivity index is 1.41. The van der Waals surface area contributed by atoms with E-state index < -0.39 is 0 Å². The topological polar surface area (TPSA) is 56.9 Å². The Bertz CT molecular complexity index is 669. The lowest BCUT2D eigenvalue weighted by Crippen LogP contribution is -2.52. The first kappa shape index (κ1) is 18.8. The van der Waals surface area contributed by atoms with Crippen LogP contribution in [-0.4, -0.2) is 65.9 Å². The zero-order chi connectivity index (χ0) is 18.2. The third-order valence-electron chi connectivity index (χ3n) is 4.39. The molecular formula is C19H27N5OS.